The molecule has 0 aliphatic heterocycles. The van der Waals surface area contributed by atoms with Crippen molar-refractivity contribution in [1.29, 1.82) is 5.26 Å². The summed E-state index contributed by atoms with van der Waals surface area (Å²) >= 11 is 8.00. The normalized spacial score (nSPS) is 10.0. The van der Waals surface area contributed by atoms with Crippen LogP contribution < -0.4 is 10.2 Å². The number of nitrogens with zero attached hydrogens (tertiary/aromatic N) is 2. The van der Waals surface area contributed by atoms with E-state index in [2.05, 4.69) is 15.3 Å². The molecule has 0 fully saturated rings. The van der Waals surface area contributed by atoms with Crippen LogP contribution in [0.3, 0.4) is 0 Å². The molecule has 2 N–H and O–H groups in total. The number of nitriles is 1. The van der Waals surface area contributed by atoms with Crippen LogP contribution in [0.15, 0.2) is 10.2 Å². The molecule has 0 atom stereocenters. The Morgan fingerprint density at radius 3 is 3.06 bits per heavy atom. The largest absolute Gasteiger partial charge is 0.356 e. The second-order valence-electron chi connectivity index (χ2n) is 2.78. The van der Waals surface area contributed by atoms with Crippen LogP contribution in [0.2, 0.25) is 5.15 Å². The fourth-order valence-electron chi connectivity index (χ4n) is 1.02. The molecule has 0 saturated carbocycles. The minimum absolute atomic E-state index is 0.0910. The van der Waals surface area contributed by atoms with E-state index in [1.54, 1.807) is 5.38 Å². The van der Waals surface area contributed by atoms with Crippen LogP contribution in [-0.4, -0.2) is 9.97 Å². The van der Waals surface area contributed by atoms with Crippen LogP contribution in [-0.2, 0) is 6.54 Å². The Kier molecular flexibility index (Phi) is 3.24. The SMILES string of the molecule is N#Cc1sc(NCc2csc(=O)[nH]2)nc1Cl. The highest BCUT2D eigenvalue weighted by molar-refractivity contribution is 7.16. The number of aromatic amines is 1. The van der Waals surface area contributed by atoms with Gasteiger partial charge in [-0.3, -0.25) is 4.79 Å². The van der Waals surface area contributed by atoms with Crippen molar-refractivity contribution >= 4 is 39.4 Å². The van der Waals surface area contributed by atoms with Crippen LogP contribution in [0, 0.1) is 11.3 Å². The van der Waals surface area contributed by atoms with Crippen LogP contribution in [0.1, 0.15) is 10.6 Å². The molecule has 0 amide bonds. The lowest BCUT2D eigenvalue weighted by molar-refractivity contribution is 1.05. The monoisotopic (exact) mass is 272 g/mol. The zero-order chi connectivity index (χ0) is 11.5. The molecule has 0 unspecified atom stereocenters. The first-order valence-corrected chi connectivity index (χ1v) is 6.23. The average molecular weight is 273 g/mol. The smallest absolute Gasteiger partial charge is 0.304 e. The first-order chi connectivity index (χ1) is 7.69. The molecule has 2 heterocycles. The third-order valence-electron chi connectivity index (χ3n) is 1.69. The highest BCUT2D eigenvalue weighted by Gasteiger charge is 2.08. The molecule has 82 valence electrons. The fourth-order valence-corrected chi connectivity index (χ4v) is 2.54. The highest BCUT2D eigenvalue weighted by Crippen LogP contribution is 2.25. The summed E-state index contributed by atoms with van der Waals surface area (Å²) in [4.78, 5) is 17.8. The molecular weight excluding hydrogens is 268 g/mol. The van der Waals surface area contributed by atoms with Gasteiger partial charge in [-0.1, -0.05) is 34.3 Å². The minimum Gasteiger partial charge on any atom is -0.356 e. The third kappa shape index (κ3) is 2.41. The second kappa shape index (κ2) is 4.65. The molecule has 0 radical (unpaired) electrons. The summed E-state index contributed by atoms with van der Waals surface area (Å²) in [5.41, 5.74) is 0.778. The van der Waals surface area contributed by atoms with Gasteiger partial charge in [0, 0.05) is 11.1 Å². The van der Waals surface area contributed by atoms with E-state index in [9.17, 15) is 4.79 Å². The molecule has 0 saturated heterocycles. The predicted octanol–water partition coefficient (Wildman–Crippen LogP) is 2.03. The Labute approximate surface area is 103 Å². The molecule has 0 aromatic carbocycles. The predicted molar refractivity (Wildman–Crippen MR) is 64.1 cm³/mol. The molecule has 2 rings (SSSR count). The van der Waals surface area contributed by atoms with Gasteiger partial charge >= 0.3 is 4.87 Å². The van der Waals surface area contributed by atoms with Crippen LogP contribution >= 0.6 is 34.3 Å². The van der Waals surface area contributed by atoms with Crippen molar-refractivity contribution in [1.82, 2.24) is 9.97 Å². The third-order valence-corrected chi connectivity index (χ3v) is 3.71. The number of aromatic nitrogens is 2. The summed E-state index contributed by atoms with van der Waals surface area (Å²) < 4.78 is 0. The van der Waals surface area contributed by atoms with E-state index in [1.165, 1.54) is 11.3 Å². The average Bonchev–Trinajstić information content (AvgIpc) is 2.82. The van der Waals surface area contributed by atoms with Crippen molar-refractivity contribution < 1.29 is 0 Å². The van der Waals surface area contributed by atoms with Gasteiger partial charge in [0.2, 0.25) is 0 Å². The van der Waals surface area contributed by atoms with Gasteiger partial charge in [-0.05, 0) is 0 Å². The molecule has 2 aromatic rings. The maximum Gasteiger partial charge on any atom is 0.304 e. The van der Waals surface area contributed by atoms with E-state index >= 15 is 0 Å². The van der Waals surface area contributed by atoms with Gasteiger partial charge in [-0.2, -0.15) is 5.26 Å². The Bertz CT molecular complexity index is 594. The van der Waals surface area contributed by atoms with Gasteiger partial charge in [0.15, 0.2) is 10.3 Å². The highest BCUT2D eigenvalue weighted by atomic mass is 35.5. The van der Waals surface area contributed by atoms with Crippen molar-refractivity contribution in [2.75, 3.05) is 5.32 Å². The first-order valence-electron chi connectivity index (χ1n) is 4.16. The van der Waals surface area contributed by atoms with Crippen molar-refractivity contribution in [3.05, 3.63) is 30.8 Å². The molecule has 0 aliphatic rings. The zero-order valence-electron chi connectivity index (χ0n) is 7.78. The number of hydrogen-bond donors (Lipinski definition) is 2. The van der Waals surface area contributed by atoms with Crippen molar-refractivity contribution in [3.8, 4) is 6.07 Å². The molecule has 0 aliphatic carbocycles. The topological polar surface area (TPSA) is 81.6 Å². The van der Waals surface area contributed by atoms with Gasteiger partial charge in [0.1, 0.15) is 10.9 Å². The lowest BCUT2D eigenvalue weighted by Gasteiger charge is -1.97. The maximum absolute atomic E-state index is 10.9. The Balaban J connectivity index is 2.05. The van der Waals surface area contributed by atoms with E-state index in [4.69, 9.17) is 16.9 Å². The summed E-state index contributed by atoms with van der Waals surface area (Å²) in [6, 6.07) is 1.95. The zero-order valence-corrected chi connectivity index (χ0v) is 10.2. The van der Waals surface area contributed by atoms with E-state index in [0.29, 0.717) is 16.6 Å². The molecular formula is C8H5ClN4OS2. The number of H-pyrrole nitrogens is 1. The fraction of sp³-hybridized carbons (Fsp3) is 0.125. The van der Waals surface area contributed by atoms with E-state index in [0.717, 1.165) is 17.0 Å². The number of nitrogens with one attached hydrogen (secondary N) is 2. The Morgan fingerprint density at radius 1 is 1.69 bits per heavy atom. The molecule has 0 spiro atoms. The number of halogens is 1. The van der Waals surface area contributed by atoms with Crippen molar-refractivity contribution in [3.63, 3.8) is 0 Å². The standard InChI is InChI=1S/C8H5ClN4OS2/c9-6-5(1-10)16-7(13-6)11-2-4-3-15-8(14)12-4/h3H,2H2,(H,11,13)(H,12,14). The van der Waals surface area contributed by atoms with Gasteiger partial charge < -0.3 is 10.3 Å². The van der Waals surface area contributed by atoms with Gasteiger partial charge in [0.05, 0.1) is 6.54 Å². The summed E-state index contributed by atoms with van der Waals surface area (Å²) in [6.07, 6.45) is 0. The second-order valence-corrected chi connectivity index (χ2v) is 4.98. The summed E-state index contributed by atoms with van der Waals surface area (Å²) in [5, 5.41) is 14.2. The molecule has 0 bridgehead atoms. The molecule has 2 aromatic heterocycles. The van der Waals surface area contributed by atoms with E-state index < -0.39 is 0 Å². The van der Waals surface area contributed by atoms with E-state index in [-0.39, 0.29) is 10.0 Å². The number of anilines is 1. The van der Waals surface area contributed by atoms with Crippen LogP contribution in [0.25, 0.3) is 0 Å². The minimum atomic E-state index is -0.0910. The lowest BCUT2D eigenvalue weighted by Crippen LogP contribution is -2.02. The Morgan fingerprint density at radius 2 is 2.50 bits per heavy atom. The maximum atomic E-state index is 10.9. The quantitative estimate of drug-likeness (QED) is 0.896. The first kappa shape index (κ1) is 11.1. The van der Waals surface area contributed by atoms with Crippen LogP contribution in [0.4, 0.5) is 5.13 Å². The summed E-state index contributed by atoms with van der Waals surface area (Å²) in [6.45, 7) is 0.452. The van der Waals surface area contributed by atoms with Gasteiger partial charge in [-0.15, -0.1) is 0 Å². The molecule has 8 heteroatoms. The van der Waals surface area contributed by atoms with Crippen LogP contribution in [0.5, 0.6) is 0 Å². The lowest BCUT2D eigenvalue weighted by atomic mass is 10.5. The summed E-state index contributed by atoms with van der Waals surface area (Å²) in [7, 11) is 0. The van der Waals surface area contributed by atoms with Crippen molar-refractivity contribution in [2.45, 2.75) is 6.54 Å². The Hall–Kier alpha value is -1.36. The number of thiazole rings is 2. The summed E-state index contributed by atoms with van der Waals surface area (Å²) in [5.74, 6) is 0. The number of rotatable bonds is 3. The van der Waals surface area contributed by atoms with Crippen molar-refractivity contribution in [2.24, 2.45) is 0 Å². The van der Waals surface area contributed by atoms with Gasteiger partial charge in [0.25, 0.3) is 0 Å². The number of hydrogen-bond acceptors (Lipinski definition) is 6. The molecule has 5 nitrogen and oxygen atoms in total. The van der Waals surface area contributed by atoms with Gasteiger partial charge in [-0.25, -0.2) is 4.98 Å². The molecule has 16 heavy (non-hydrogen) atoms. The van der Waals surface area contributed by atoms with E-state index in [1.807, 2.05) is 6.07 Å².